The molecule has 0 aliphatic rings. The van der Waals surface area contributed by atoms with Crippen molar-refractivity contribution in [1.29, 1.82) is 0 Å². The van der Waals surface area contributed by atoms with Gasteiger partial charge in [0.15, 0.2) is 11.5 Å². The third-order valence-corrected chi connectivity index (χ3v) is 3.09. The van der Waals surface area contributed by atoms with Crippen molar-refractivity contribution < 1.29 is 14.3 Å². The number of aromatic hydroxyl groups is 1. The van der Waals surface area contributed by atoms with E-state index >= 15 is 0 Å². The number of rotatable bonds is 1. The Balaban J connectivity index is 2.69. The first kappa shape index (κ1) is 10.7. The third kappa shape index (κ3) is 1.18. The van der Waals surface area contributed by atoms with Crippen molar-refractivity contribution >= 4 is 22.0 Å². The van der Waals surface area contributed by atoms with E-state index in [4.69, 9.17) is 9.15 Å². The minimum atomic E-state index is -0.134. The van der Waals surface area contributed by atoms with Gasteiger partial charge in [-0.05, 0) is 18.2 Å². The zero-order valence-corrected chi connectivity index (χ0v) is 9.93. The highest BCUT2D eigenvalue weighted by molar-refractivity contribution is 5.95. The first-order valence-electron chi connectivity index (χ1n) is 5.41. The molecule has 0 spiro atoms. The molecule has 0 aliphatic carbocycles. The van der Waals surface area contributed by atoms with Crippen molar-refractivity contribution in [2.45, 2.75) is 0 Å². The van der Waals surface area contributed by atoms with E-state index in [1.54, 1.807) is 23.7 Å². The van der Waals surface area contributed by atoms with Gasteiger partial charge < -0.3 is 18.8 Å². The predicted octanol–water partition coefficient (Wildman–Crippen LogP) is 2.00. The molecule has 0 unspecified atom stereocenters. The molecule has 0 bridgehead atoms. The molecule has 3 aromatic rings. The number of nitrogens with zero attached hydrogens (tertiary/aromatic N) is 1. The van der Waals surface area contributed by atoms with Gasteiger partial charge in [-0.3, -0.25) is 4.79 Å². The number of aromatic nitrogens is 1. The highest BCUT2D eigenvalue weighted by atomic mass is 16.5. The molecule has 2 heterocycles. The normalized spacial score (nSPS) is 11.2. The Morgan fingerprint density at radius 1 is 1.28 bits per heavy atom. The average Bonchev–Trinajstić information content (AvgIpc) is 2.85. The molecular formula is C13H11NO4. The summed E-state index contributed by atoms with van der Waals surface area (Å²) < 4.78 is 12.2. The number of fused-ring (bicyclic) bond motifs is 2. The monoisotopic (exact) mass is 245 g/mol. The Hall–Kier alpha value is -2.43. The van der Waals surface area contributed by atoms with E-state index in [-0.39, 0.29) is 16.9 Å². The van der Waals surface area contributed by atoms with Crippen LogP contribution in [-0.4, -0.2) is 16.8 Å². The van der Waals surface area contributed by atoms with Crippen LogP contribution in [0.5, 0.6) is 11.5 Å². The molecule has 92 valence electrons. The van der Waals surface area contributed by atoms with E-state index in [1.807, 2.05) is 0 Å². The summed E-state index contributed by atoms with van der Waals surface area (Å²) in [6, 6.07) is 4.67. The third-order valence-electron chi connectivity index (χ3n) is 3.09. The Bertz CT molecular complexity index is 813. The summed E-state index contributed by atoms with van der Waals surface area (Å²) in [5, 5.41) is 10.8. The molecule has 1 aromatic carbocycles. The summed E-state index contributed by atoms with van der Waals surface area (Å²) in [6.07, 6.45) is 1.47. The second kappa shape index (κ2) is 3.53. The summed E-state index contributed by atoms with van der Waals surface area (Å²) in [5.74, 6) is 0.260. The fourth-order valence-electron chi connectivity index (χ4n) is 2.26. The molecule has 2 aromatic heterocycles. The lowest BCUT2D eigenvalue weighted by Gasteiger charge is -2.11. The predicted molar refractivity (Wildman–Crippen MR) is 67.2 cm³/mol. The molecule has 0 radical (unpaired) electrons. The largest absolute Gasteiger partial charge is 0.504 e. The molecule has 5 heteroatoms. The number of methoxy groups -OCH3 is 1. The van der Waals surface area contributed by atoms with Gasteiger partial charge >= 0.3 is 0 Å². The van der Waals surface area contributed by atoms with Crippen LogP contribution >= 0.6 is 0 Å². The number of phenolic OH excluding ortho intramolecular Hbond substituents is 1. The maximum Gasteiger partial charge on any atom is 0.210 e. The fourth-order valence-corrected chi connectivity index (χ4v) is 2.26. The number of benzene rings is 1. The molecule has 0 amide bonds. The van der Waals surface area contributed by atoms with Crippen LogP contribution in [-0.2, 0) is 7.05 Å². The van der Waals surface area contributed by atoms with Crippen molar-refractivity contribution in [1.82, 2.24) is 4.57 Å². The van der Waals surface area contributed by atoms with Crippen molar-refractivity contribution in [3.63, 3.8) is 0 Å². The molecule has 3 rings (SSSR count). The number of phenols is 1. The highest BCUT2D eigenvalue weighted by Gasteiger charge is 2.16. The summed E-state index contributed by atoms with van der Waals surface area (Å²) >= 11 is 0. The lowest BCUT2D eigenvalue weighted by Crippen LogP contribution is -2.08. The first-order chi connectivity index (χ1) is 8.65. The smallest absolute Gasteiger partial charge is 0.210 e. The van der Waals surface area contributed by atoms with Crippen LogP contribution < -0.4 is 10.2 Å². The number of hydrogen-bond acceptors (Lipinski definition) is 4. The van der Waals surface area contributed by atoms with Crippen LogP contribution in [0.1, 0.15) is 0 Å². The van der Waals surface area contributed by atoms with E-state index < -0.39 is 0 Å². The molecule has 0 aliphatic heterocycles. The average molecular weight is 245 g/mol. The molecule has 0 atom stereocenters. The van der Waals surface area contributed by atoms with Gasteiger partial charge in [0.05, 0.1) is 24.1 Å². The zero-order chi connectivity index (χ0) is 12.9. The SMILES string of the molecule is COc1c(O)ccc2c(=O)c3ccoc3n(C)c12. The van der Waals surface area contributed by atoms with Crippen molar-refractivity contribution in [2.75, 3.05) is 7.11 Å². The van der Waals surface area contributed by atoms with E-state index in [9.17, 15) is 9.90 Å². The number of furan rings is 1. The van der Waals surface area contributed by atoms with E-state index in [0.29, 0.717) is 22.0 Å². The molecule has 5 nitrogen and oxygen atoms in total. The van der Waals surface area contributed by atoms with E-state index in [0.717, 1.165) is 0 Å². The Labute approximate surface area is 102 Å². The second-order valence-corrected chi connectivity index (χ2v) is 4.04. The van der Waals surface area contributed by atoms with Gasteiger partial charge in [0.1, 0.15) is 5.52 Å². The van der Waals surface area contributed by atoms with Gasteiger partial charge in [-0.2, -0.15) is 0 Å². The number of hydrogen-bond donors (Lipinski definition) is 1. The Morgan fingerprint density at radius 3 is 2.78 bits per heavy atom. The van der Waals surface area contributed by atoms with Gasteiger partial charge in [0.2, 0.25) is 11.1 Å². The molecule has 1 N–H and O–H groups in total. The van der Waals surface area contributed by atoms with Gasteiger partial charge in [0, 0.05) is 7.05 Å². The van der Waals surface area contributed by atoms with Gasteiger partial charge in [-0.15, -0.1) is 0 Å². The zero-order valence-electron chi connectivity index (χ0n) is 9.93. The summed E-state index contributed by atoms with van der Waals surface area (Å²) in [6.45, 7) is 0. The van der Waals surface area contributed by atoms with Gasteiger partial charge in [0.25, 0.3) is 0 Å². The highest BCUT2D eigenvalue weighted by Crippen LogP contribution is 2.34. The molecule has 0 fully saturated rings. The number of aryl methyl sites for hydroxylation is 1. The van der Waals surface area contributed by atoms with Gasteiger partial charge in [-0.25, -0.2) is 0 Å². The van der Waals surface area contributed by atoms with E-state index in [1.165, 1.54) is 19.4 Å². The van der Waals surface area contributed by atoms with Crippen LogP contribution in [0.3, 0.4) is 0 Å². The number of pyridine rings is 1. The van der Waals surface area contributed by atoms with Crippen LogP contribution in [0.4, 0.5) is 0 Å². The summed E-state index contributed by atoms with van der Waals surface area (Å²) in [7, 11) is 3.21. The fraction of sp³-hybridized carbons (Fsp3) is 0.154. The van der Waals surface area contributed by atoms with Crippen LogP contribution in [0.15, 0.2) is 33.7 Å². The Kier molecular flexibility index (Phi) is 2.10. The second-order valence-electron chi connectivity index (χ2n) is 4.04. The Morgan fingerprint density at radius 2 is 2.06 bits per heavy atom. The van der Waals surface area contributed by atoms with Crippen molar-refractivity contribution in [3.05, 3.63) is 34.7 Å². The van der Waals surface area contributed by atoms with Crippen molar-refractivity contribution in [2.24, 2.45) is 7.05 Å². The van der Waals surface area contributed by atoms with E-state index in [2.05, 4.69) is 0 Å². The maximum absolute atomic E-state index is 12.3. The minimum Gasteiger partial charge on any atom is -0.504 e. The first-order valence-corrected chi connectivity index (χ1v) is 5.41. The summed E-state index contributed by atoms with van der Waals surface area (Å²) in [5.41, 5.74) is 0.839. The van der Waals surface area contributed by atoms with Crippen LogP contribution in [0, 0.1) is 0 Å². The topological polar surface area (TPSA) is 64.6 Å². The molecule has 0 saturated heterocycles. The van der Waals surface area contributed by atoms with Crippen molar-refractivity contribution in [3.8, 4) is 11.5 Å². The maximum atomic E-state index is 12.3. The lowest BCUT2D eigenvalue weighted by atomic mass is 10.1. The molecule has 0 saturated carbocycles. The van der Waals surface area contributed by atoms with Crippen LogP contribution in [0.25, 0.3) is 22.0 Å². The summed E-state index contributed by atoms with van der Waals surface area (Å²) in [4.78, 5) is 12.3. The van der Waals surface area contributed by atoms with Gasteiger partial charge in [-0.1, -0.05) is 0 Å². The number of ether oxygens (including phenoxy) is 1. The quantitative estimate of drug-likeness (QED) is 0.712. The van der Waals surface area contributed by atoms with Crippen LogP contribution in [0.2, 0.25) is 0 Å². The minimum absolute atomic E-state index is 0.00842. The molecule has 18 heavy (non-hydrogen) atoms. The lowest BCUT2D eigenvalue weighted by molar-refractivity contribution is 0.376. The molecular weight excluding hydrogens is 234 g/mol. The standard InChI is InChI=1S/C13H11NO4/c1-14-10-7(3-4-9(15)12(10)17-2)11(16)8-5-6-18-13(8)14/h3-6,15H,1-2H3.